The van der Waals surface area contributed by atoms with E-state index < -0.39 is 0 Å². The zero-order valence-corrected chi connectivity index (χ0v) is 11.1. The molecule has 3 heteroatoms. The SMILES string of the molecule is CCNC(C)C1CCCN(CC(O)CC)C1. The number of nitrogens with zero attached hydrogens (tertiary/aromatic N) is 1. The van der Waals surface area contributed by atoms with Crippen molar-refractivity contribution in [1.29, 1.82) is 0 Å². The van der Waals surface area contributed by atoms with Crippen molar-refractivity contribution in [2.24, 2.45) is 5.92 Å². The second-order valence-electron chi connectivity index (χ2n) is 5.07. The first-order valence-corrected chi connectivity index (χ1v) is 6.81. The molecular formula is C13H28N2O. The van der Waals surface area contributed by atoms with Crippen molar-refractivity contribution in [3.63, 3.8) is 0 Å². The number of hydrogen-bond donors (Lipinski definition) is 2. The molecule has 1 fully saturated rings. The van der Waals surface area contributed by atoms with Crippen molar-refractivity contribution in [3.05, 3.63) is 0 Å². The van der Waals surface area contributed by atoms with Crippen LogP contribution in [0.4, 0.5) is 0 Å². The maximum Gasteiger partial charge on any atom is 0.0664 e. The Kier molecular flexibility index (Phi) is 6.32. The van der Waals surface area contributed by atoms with Gasteiger partial charge < -0.3 is 15.3 Å². The van der Waals surface area contributed by atoms with Crippen LogP contribution in [0.1, 0.15) is 40.0 Å². The van der Waals surface area contributed by atoms with Crippen LogP contribution >= 0.6 is 0 Å². The molecule has 0 aliphatic carbocycles. The van der Waals surface area contributed by atoms with E-state index in [4.69, 9.17) is 0 Å². The number of aliphatic hydroxyl groups excluding tert-OH is 1. The Morgan fingerprint density at radius 3 is 2.81 bits per heavy atom. The summed E-state index contributed by atoms with van der Waals surface area (Å²) >= 11 is 0. The first-order chi connectivity index (χ1) is 7.67. The number of β-amino-alcohol motifs (C(OH)–C–C–N with tert-alkyl or cyclic N) is 1. The van der Waals surface area contributed by atoms with Crippen LogP contribution in [-0.2, 0) is 0 Å². The van der Waals surface area contributed by atoms with Crippen LogP contribution in [0.5, 0.6) is 0 Å². The van der Waals surface area contributed by atoms with E-state index in [2.05, 4.69) is 24.1 Å². The second-order valence-corrected chi connectivity index (χ2v) is 5.07. The summed E-state index contributed by atoms with van der Waals surface area (Å²) in [6, 6.07) is 0.603. The third-order valence-electron chi connectivity index (χ3n) is 3.72. The monoisotopic (exact) mass is 228 g/mol. The van der Waals surface area contributed by atoms with E-state index in [1.165, 1.54) is 12.8 Å². The lowest BCUT2D eigenvalue weighted by molar-refractivity contribution is 0.0753. The van der Waals surface area contributed by atoms with E-state index >= 15 is 0 Å². The average molecular weight is 228 g/mol. The number of hydrogen-bond acceptors (Lipinski definition) is 3. The van der Waals surface area contributed by atoms with Crippen LogP contribution in [0.2, 0.25) is 0 Å². The van der Waals surface area contributed by atoms with Crippen LogP contribution in [0.25, 0.3) is 0 Å². The van der Waals surface area contributed by atoms with Gasteiger partial charge in [-0.1, -0.05) is 13.8 Å². The van der Waals surface area contributed by atoms with E-state index in [-0.39, 0.29) is 6.10 Å². The van der Waals surface area contributed by atoms with Crippen LogP contribution in [-0.4, -0.2) is 48.3 Å². The van der Waals surface area contributed by atoms with Gasteiger partial charge in [-0.15, -0.1) is 0 Å². The second kappa shape index (κ2) is 7.25. The number of likely N-dealkylation sites (tertiary alicyclic amines) is 1. The molecule has 0 radical (unpaired) electrons. The van der Waals surface area contributed by atoms with Gasteiger partial charge in [0, 0.05) is 19.1 Å². The molecule has 0 amide bonds. The fraction of sp³-hybridized carbons (Fsp3) is 1.00. The Hall–Kier alpha value is -0.120. The van der Waals surface area contributed by atoms with E-state index in [1.54, 1.807) is 0 Å². The van der Waals surface area contributed by atoms with Crippen molar-refractivity contribution in [2.75, 3.05) is 26.2 Å². The van der Waals surface area contributed by atoms with E-state index in [9.17, 15) is 5.11 Å². The van der Waals surface area contributed by atoms with Crippen molar-refractivity contribution in [1.82, 2.24) is 10.2 Å². The summed E-state index contributed by atoms with van der Waals surface area (Å²) in [5.74, 6) is 0.748. The molecule has 16 heavy (non-hydrogen) atoms. The molecule has 0 bridgehead atoms. The Morgan fingerprint density at radius 2 is 2.19 bits per heavy atom. The molecule has 2 N–H and O–H groups in total. The summed E-state index contributed by atoms with van der Waals surface area (Å²) in [6.45, 7) is 10.7. The van der Waals surface area contributed by atoms with Crippen molar-refractivity contribution in [3.8, 4) is 0 Å². The summed E-state index contributed by atoms with van der Waals surface area (Å²) in [6.07, 6.45) is 3.32. The highest BCUT2D eigenvalue weighted by Gasteiger charge is 2.24. The van der Waals surface area contributed by atoms with Crippen molar-refractivity contribution < 1.29 is 5.11 Å². The number of rotatable bonds is 6. The van der Waals surface area contributed by atoms with Crippen LogP contribution in [0, 0.1) is 5.92 Å². The highest BCUT2D eigenvalue weighted by molar-refractivity contribution is 4.81. The van der Waals surface area contributed by atoms with Crippen LogP contribution in [0.3, 0.4) is 0 Å². The van der Waals surface area contributed by atoms with Gasteiger partial charge in [0.2, 0.25) is 0 Å². The van der Waals surface area contributed by atoms with Crippen LogP contribution in [0.15, 0.2) is 0 Å². The van der Waals surface area contributed by atoms with Gasteiger partial charge in [-0.05, 0) is 45.2 Å². The number of nitrogens with one attached hydrogen (secondary N) is 1. The third kappa shape index (κ3) is 4.40. The first kappa shape index (κ1) is 13.9. The lowest BCUT2D eigenvalue weighted by atomic mass is 9.91. The van der Waals surface area contributed by atoms with Gasteiger partial charge in [0.05, 0.1) is 6.10 Å². The van der Waals surface area contributed by atoms with Crippen LogP contribution < -0.4 is 5.32 Å². The van der Waals surface area contributed by atoms with E-state index in [0.717, 1.165) is 38.5 Å². The molecule has 1 saturated heterocycles. The average Bonchev–Trinajstić information content (AvgIpc) is 2.29. The predicted octanol–water partition coefficient (Wildman–Crippen LogP) is 1.47. The summed E-state index contributed by atoms with van der Waals surface area (Å²) < 4.78 is 0. The highest BCUT2D eigenvalue weighted by atomic mass is 16.3. The molecule has 1 aliphatic heterocycles. The van der Waals surface area contributed by atoms with Gasteiger partial charge >= 0.3 is 0 Å². The molecule has 0 aromatic heterocycles. The van der Waals surface area contributed by atoms with Crippen molar-refractivity contribution >= 4 is 0 Å². The summed E-state index contributed by atoms with van der Waals surface area (Å²) in [4.78, 5) is 2.43. The van der Waals surface area contributed by atoms with E-state index in [1.807, 2.05) is 6.92 Å². The molecule has 0 aromatic rings. The lowest BCUT2D eigenvalue weighted by Crippen LogP contribution is -2.46. The standard InChI is InChI=1S/C13H28N2O/c1-4-13(16)10-15-8-6-7-12(9-15)11(3)14-5-2/h11-14,16H,4-10H2,1-3H3. The molecule has 1 heterocycles. The Labute approximate surface area is 100 Å². The Bertz CT molecular complexity index is 187. The van der Waals surface area contributed by atoms with Gasteiger partial charge in [0.25, 0.3) is 0 Å². The minimum Gasteiger partial charge on any atom is -0.392 e. The third-order valence-corrected chi connectivity index (χ3v) is 3.72. The highest BCUT2D eigenvalue weighted by Crippen LogP contribution is 2.20. The topological polar surface area (TPSA) is 35.5 Å². The zero-order valence-electron chi connectivity index (χ0n) is 11.1. The first-order valence-electron chi connectivity index (χ1n) is 6.81. The molecular weight excluding hydrogens is 200 g/mol. The predicted molar refractivity (Wildman–Crippen MR) is 68.6 cm³/mol. The molecule has 1 rings (SSSR count). The largest absolute Gasteiger partial charge is 0.392 e. The number of piperidine rings is 1. The quantitative estimate of drug-likeness (QED) is 0.722. The molecule has 0 saturated carbocycles. The van der Waals surface area contributed by atoms with Gasteiger partial charge in [-0.25, -0.2) is 0 Å². The van der Waals surface area contributed by atoms with Gasteiger partial charge in [-0.2, -0.15) is 0 Å². The maximum absolute atomic E-state index is 9.68. The molecule has 3 nitrogen and oxygen atoms in total. The maximum atomic E-state index is 9.68. The molecule has 0 aromatic carbocycles. The van der Waals surface area contributed by atoms with Gasteiger partial charge in [-0.3, -0.25) is 0 Å². The molecule has 0 spiro atoms. The zero-order chi connectivity index (χ0) is 12.0. The molecule has 1 aliphatic rings. The smallest absolute Gasteiger partial charge is 0.0664 e. The molecule has 96 valence electrons. The normalized spacial score (nSPS) is 26.6. The Balaban J connectivity index is 2.34. The van der Waals surface area contributed by atoms with E-state index in [0.29, 0.717) is 6.04 Å². The van der Waals surface area contributed by atoms with Gasteiger partial charge in [0.1, 0.15) is 0 Å². The summed E-state index contributed by atoms with van der Waals surface area (Å²) in [5.41, 5.74) is 0. The number of aliphatic hydroxyl groups is 1. The van der Waals surface area contributed by atoms with Crippen molar-refractivity contribution in [2.45, 2.75) is 52.2 Å². The lowest BCUT2D eigenvalue weighted by Gasteiger charge is -2.36. The fourth-order valence-electron chi connectivity index (χ4n) is 2.58. The minimum atomic E-state index is -0.145. The summed E-state index contributed by atoms with van der Waals surface area (Å²) in [5, 5.41) is 13.2. The Morgan fingerprint density at radius 1 is 1.44 bits per heavy atom. The fourth-order valence-corrected chi connectivity index (χ4v) is 2.58. The molecule has 3 unspecified atom stereocenters. The molecule has 3 atom stereocenters. The van der Waals surface area contributed by atoms with Gasteiger partial charge in [0.15, 0.2) is 0 Å². The summed E-state index contributed by atoms with van der Waals surface area (Å²) in [7, 11) is 0. The minimum absolute atomic E-state index is 0.145.